The van der Waals surface area contributed by atoms with Crippen LogP contribution < -0.4 is 5.73 Å². The van der Waals surface area contributed by atoms with Crippen LogP contribution in [0, 0.1) is 0 Å². The van der Waals surface area contributed by atoms with E-state index in [1.165, 1.54) is 14.1 Å². The molecule has 0 atom stereocenters. The number of nitrogens with two attached hydrogens (primary N) is 1. The molecule has 2 N–H and O–H groups in total. The van der Waals surface area contributed by atoms with E-state index in [4.69, 9.17) is 5.73 Å². The molecule has 1 saturated heterocycles. The number of amides is 4. The van der Waals surface area contributed by atoms with Gasteiger partial charge in [0.05, 0.1) is 5.57 Å². The summed E-state index contributed by atoms with van der Waals surface area (Å²) in [5.41, 5.74) is 5.92. The van der Waals surface area contributed by atoms with Crippen molar-refractivity contribution < 1.29 is 14.4 Å². The molecule has 0 aromatic heterocycles. The molecule has 0 radical (unpaired) electrons. The summed E-state index contributed by atoms with van der Waals surface area (Å²) in [7, 11) is 2.79. The van der Waals surface area contributed by atoms with Gasteiger partial charge in [0, 0.05) is 14.1 Å². The van der Waals surface area contributed by atoms with Crippen molar-refractivity contribution in [2.24, 2.45) is 5.73 Å². The van der Waals surface area contributed by atoms with Crippen LogP contribution in [0.15, 0.2) is 36.0 Å². The molecule has 0 aliphatic carbocycles. The molecule has 0 unspecified atom stereocenters. The van der Waals surface area contributed by atoms with Gasteiger partial charge in [0.2, 0.25) is 0 Å². The van der Waals surface area contributed by atoms with Crippen LogP contribution in [0.2, 0.25) is 0 Å². The van der Waals surface area contributed by atoms with Gasteiger partial charge in [0.1, 0.15) is 5.70 Å². The smallest absolute Gasteiger partial charge is 0.331 e. The number of urea groups is 1. The molecule has 1 aliphatic rings. The number of rotatable bonds is 2. The lowest BCUT2D eigenvalue weighted by Gasteiger charge is -2.12. The molecule has 0 spiro atoms. The Hall–Kier alpha value is -2.63. The predicted octanol–water partition coefficient (Wildman–Crippen LogP) is 0.407. The predicted molar refractivity (Wildman–Crippen MR) is 68.5 cm³/mol. The van der Waals surface area contributed by atoms with Gasteiger partial charge in [-0.25, -0.2) is 4.79 Å². The molecule has 4 amide bonds. The number of hydrogen-bond donors (Lipinski definition) is 1. The van der Waals surface area contributed by atoms with E-state index in [9.17, 15) is 14.4 Å². The Kier molecular flexibility index (Phi) is 3.08. The highest BCUT2D eigenvalue weighted by Crippen LogP contribution is 2.26. The fourth-order valence-electron chi connectivity index (χ4n) is 1.98. The van der Waals surface area contributed by atoms with Gasteiger partial charge in [-0.3, -0.25) is 19.4 Å². The quantitative estimate of drug-likeness (QED) is 0.616. The molecule has 6 nitrogen and oxygen atoms in total. The summed E-state index contributed by atoms with van der Waals surface area (Å²) < 4.78 is 0. The van der Waals surface area contributed by atoms with Gasteiger partial charge >= 0.3 is 6.03 Å². The molecule has 1 aromatic rings. The molecule has 6 heteroatoms. The van der Waals surface area contributed by atoms with E-state index in [1.54, 1.807) is 30.3 Å². The summed E-state index contributed by atoms with van der Waals surface area (Å²) in [6.07, 6.45) is 0. The van der Waals surface area contributed by atoms with Crippen LogP contribution in [0.1, 0.15) is 5.56 Å². The van der Waals surface area contributed by atoms with Crippen LogP contribution in [0.5, 0.6) is 0 Å². The average Bonchev–Trinajstić information content (AvgIpc) is 2.58. The molecule has 0 saturated carbocycles. The first-order valence-electron chi connectivity index (χ1n) is 5.60. The fourth-order valence-corrected chi connectivity index (χ4v) is 1.98. The minimum Gasteiger partial charge on any atom is -0.366 e. The summed E-state index contributed by atoms with van der Waals surface area (Å²) in [5.74, 6) is -1.28. The van der Waals surface area contributed by atoms with Crippen molar-refractivity contribution >= 4 is 23.4 Å². The Balaban J connectivity index is 2.68. The van der Waals surface area contributed by atoms with Crippen molar-refractivity contribution in [3.8, 4) is 0 Å². The summed E-state index contributed by atoms with van der Waals surface area (Å²) in [4.78, 5) is 37.5. The lowest BCUT2D eigenvalue weighted by atomic mass is 10.0. The molecule has 19 heavy (non-hydrogen) atoms. The molecular weight excluding hydrogens is 246 g/mol. The van der Waals surface area contributed by atoms with Crippen LogP contribution in [0.25, 0.3) is 5.57 Å². The molecule has 2 rings (SSSR count). The lowest BCUT2D eigenvalue weighted by Crippen LogP contribution is -2.27. The minimum atomic E-state index is -0.746. The van der Waals surface area contributed by atoms with E-state index in [2.05, 4.69) is 0 Å². The monoisotopic (exact) mass is 259 g/mol. The highest BCUT2D eigenvalue weighted by Gasteiger charge is 2.39. The Morgan fingerprint density at radius 1 is 1.05 bits per heavy atom. The van der Waals surface area contributed by atoms with Crippen molar-refractivity contribution in [3.05, 3.63) is 41.6 Å². The third kappa shape index (κ3) is 1.97. The zero-order chi connectivity index (χ0) is 14.2. The third-order valence-corrected chi connectivity index (χ3v) is 2.96. The number of carbonyl (C=O) groups excluding carboxylic acids is 3. The highest BCUT2D eigenvalue weighted by atomic mass is 16.2. The van der Waals surface area contributed by atoms with E-state index in [0.29, 0.717) is 5.56 Å². The minimum absolute atomic E-state index is 0.00574. The Morgan fingerprint density at radius 3 is 2.05 bits per heavy atom. The van der Waals surface area contributed by atoms with Gasteiger partial charge in [-0.05, 0) is 5.56 Å². The lowest BCUT2D eigenvalue weighted by molar-refractivity contribution is -0.122. The van der Waals surface area contributed by atoms with Crippen molar-refractivity contribution in [3.63, 3.8) is 0 Å². The van der Waals surface area contributed by atoms with Crippen molar-refractivity contribution in [2.45, 2.75) is 0 Å². The highest BCUT2D eigenvalue weighted by molar-refractivity contribution is 6.28. The maximum Gasteiger partial charge on any atom is 0.331 e. The second-order valence-corrected chi connectivity index (χ2v) is 4.16. The fraction of sp³-hybridized carbons (Fsp3) is 0.154. The van der Waals surface area contributed by atoms with Crippen LogP contribution in [-0.2, 0) is 9.59 Å². The van der Waals surface area contributed by atoms with Crippen LogP contribution in [0.4, 0.5) is 4.79 Å². The standard InChI is InChI=1S/C13H13N3O3/c1-15-10(12(18)16(2)13(15)19)9(11(14)17)8-6-4-3-5-7-8/h3-7H,1-2H3,(H2,14,17)/b10-9-. The Bertz CT molecular complexity index is 592. The molecule has 1 heterocycles. The van der Waals surface area contributed by atoms with Crippen molar-refractivity contribution in [2.75, 3.05) is 14.1 Å². The second kappa shape index (κ2) is 4.56. The van der Waals surface area contributed by atoms with Gasteiger partial charge in [-0.1, -0.05) is 30.3 Å². The van der Waals surface area contributed by atoms with Gasteiger partial charge < -0.3 is 5.73 Å². The number of nitrogens with zero attached hydrogens (tertiary/aromatic N) is 2. The largest absolute Gasteiger partial charge is 0.366 e. The molecule has 98 valence electrons. The van der Waals surface area contributed by atoms with Crippen molar-refractivity contribution in [1.82, 2.24) is 9.80 Å². The van der Waals surface area contributed by atoms with Crippen LogP contribution in [-0.4, -0.2) is 41.7 Å². The first-order valence-corrected chi connectivity index (χ1v) is 5.60. The molecule has 0 bridgehead atoms. The van der Waals surface area contributed by atoms with Gasteiger partial charge in [-0.15, -0.1) is 0 Å². The van der Waals surface area contributed by atoms with Gasteiger partial charge in [0.25, 0.3) is 11.8 Å². The SMILES string of the molecule is CN1C(=O)/C(=C(/C(N)=O)c2ccccc2)N(C)C1=O. The Morgan fingerprint density at radius 2 is 1.63 bits per heavy atom. The number of hydrogen-bond acceptors (Lipinski definition) is 3. The number of benzene rings is 1. The first-order chi connectivity index (χ1) is 8.95. The normalized spacial score (nSPS) is 18.0. The van der Waals surface area contributed by atoms with Crippen LogP contribution in [0.3, 0.4) is 0 Å². The summed E-state index contributed by atoms with van der Waals surface area (Å²) in [5, 5.41) is 0. The second-order valence-electron chi connectivity index (χ2n) is 4.16. The number of primary amides is 1. The topological polar surface area (TPSA) is 83.7 Å². The zero-order valence-electron chi connectivity index (χ0n) is 10.6. The molecule has 1 fully saturated rings. The summed E-state index contributed by atoms with van der Waals surface area (Å²) in [6.45, 7) is 0. The Labute approximate surface area is 110 Å². The van der Waals surface area contributed by atoms with E-state index in [-0.39, 0.29) is 11.3 Å². The number of imide groups is 1. The van der Waals surface area contributed by atoms with Gasteiger partial charge in [0.15, 0.2) is 0 Å². The zero-order valence-corrected chi connectivity index (χ0v) is 10.6. The summed E-state index contributed by atoms with van der Waals surface area (Å²) >= 11 is 0. The molecule has 1 aliphatic heterocycles. The van der Waals surface area contributed by atoms with Gasteiger partial charge in [-0.2, -0.15) is 0 Å². The van der Waals surface area contributed by atoms with E-state index >= 15 is 0 Å². The van der Waals surface area contributed by atoms with E-state index < -0.39 is 17.8 Å². The molecule has 1 aromatic carbocycles. The average molecular weight is 259 g/mol. The number of carbonyl (C=O) groups is 3. The first kappa shape index (κ1) is 12.8. The van der Waals surface area contributed by atoms with Crippen molar-refractivity contribution in [1.29, 1.82) is 0 Å². The summed E-state index contributed by atoms with van der Waals surface area (Å²) in [6, 6.07) is 8.07. The maximum atomic E-state index is 12.0. The maximum absolute atomic E-state index is 12.0. The van der Waals surface area contributed by atoms with E-state index in [1.807, 2.05) is 0 Å². The molecular formula is C13H13N3O3. The third-order valence-electron chi connectivity index (χ3n) is 2.96. The van der Waals surface area contributed by atoms with E-state index in [0.717, 1.165) is 9.80 Å². The van der Waals surface area contributed by atoms with Crippen LogP contribution >= 0.6 is 0 Å². The number of likely N-dealkylation sites (N-methyl/N-ethyl adjacent to an activating group) is 2.